The van der Waals surface area contributed by atoms with Crippen LogP contribution in [0.3, 0.4) is 0 Å². The highest BCUT2D eigenvalue weighted by atomic mass is 35.5. The SMILES string of the molecule is C=CS(=O)(=O)Oc1ccc(Cl)c(Cl)c1Cl. The van der Waals surface area contributed by atoms with E-state index in [-0.39, 0.29) is 20.8 Å². The van der Waals surface area contributed by atoms with E-state index in [1.54, 1.807) is 0 Å². The highest BCUT2D eigenvalue weighted by molar-refractivity contribution is 7.90. The number of hydrogen-bond acceptors (Lipinski definition) is 3. The van der Waals surface area contributed by atoms with Gasteiger partial charge in [-0.3, -0.25) is 0 Å². The summed E-state index contributed by atoms with van der Waals surface area (Å²) in [5.41, 5.74) is 0. The predicted molar refractivity (Wildman–Crippen MR) is 61.2 cm³/mol. The third kappa shape index (κ3) is 3.01. The number of hydrogen-bond donors (Lipinski definition) is 0. The standard InChI is InChI=1S/C8H5Cl3O3S/c1-2-15(12,13)14-6-4-3-5(9)7(10)8(6)11/h2-4H,1H2. The molecule has 0 aromatic heterocycles. The summed E-state index contributed by atoms with van der Waals surface area (Å²) in [6.07, 6.45) is 0. The Morgan fingerprint density at radius 2 is 1.80 bits per heavy atom. The highest BCUT2D eigenvalue weighted by Gasteiger charge is 2.14. The largest absolute Gasteiger partial charge is 0.378 e. The van der Waals surface area contributed by atoms with Crippen LogP contribution in [0.4, 0.5) is 0 Å². The molecule has 1 aromatic carbocycles. The second kappa shape index (κ2) is 4.61. The molecule has 0 radical (unpaired) electrons. The molecule has 0 amide bonds. The summed E-state index contributed by atoms with van der Waals surface area (Å²) in [4.78, 5) is 0. The van der Waals surface area contributed by atoms with E-state index in [1.807, 2.05) is 0 Å². The van der Waals surface area contributed by atoms with Gasteiger partial charge in [-0.25, -0.2) is 0 Å². The maximum absolute atomic E-state index is 11.0. The van der Waals surface area contributed by atoms with Gasteiger partial charge in [-0.05, 0) is 12.1 Å². The van der Waals surface area contributed by atoms with Gasteiger partial charge in [0, 0.05) is 0 Å². The summed E-state index contributed by atoms with van der Waals surface area (Å²) in [5.74, 6) is -0.0917. The molecule has 82 valence electrons. The van der Waals surface area contributed by atoms with Crippen LogP contribution in [0.2, 0.25) is 15.1 Å². The van der Waals surface area contributed by atoms with Crippen molar-refractivity contribution in [1.29, 1.82) is 0 Å². The van der Waals surface area contributed by atoms with Crippen molar-refractivity contribution in [2.24, 2.45) is 0 Å². The average molecular weight is 288 g/mol. The first kappa shape index (κ1) is 12.6. The molecule has 1 aromatic rings. The molecule has 0 aliphatic rings. The molecule has 0 unspecified atom stereocenters. The van der Waals surface area contributed by atoms with Gasteiger partial charge in [0.2, 0.25) is 0 Å². The molecule has 3 nitrogen and oxygen atoms in total. The Morgan fingerprint density at radius 3 is 2.33 bits per heavy atom. The normalized spacial score (nSPS) is 11.1. The lowest BCUT2D eigenvalue weighted by molar-refractivity contribution is 0.497. The van der Waals surface area contributed by atoms with Crippen LogP contribution in [0, 0.1) is 0 Å². The van der Waals surface area contributed by atoms with Crippen LogP contribution in [0.5, 0.6) is 5.75 Å². The van der Waals surface area contributed by atoms with Gasteiger partial charge in [0.25, 0.3) is 0 Å². The van der Waals surface area contributed by atoms with Crippen molar-refractivity contribution in [3.8, 4) is 5.75 Å². The van der Waals surface area contributed by atoms with Crippen molar-refractivity contribution in [1.82, 2.24) is 0 Å². The molecule has 0 bridgehead atoms. The van der Waals surface area contributed by atoms with E-state index in [9.17, 15) is 8.42 Å². The van der Waals surface area contributed by atoms with Crippen molar-refractivity contribution in [3.63, 3.8) is 0 Å². The van der Waals surface area contributed by atoms with Crippen LogP contribution < -0.4 is 4.18 Å². The number of benzene rings is 1. The lowest BCUT2D eigenvalue weighted by Crippen LogP contribution is -2.04. The van der Waals surface area contributed by atoms with Gasteiger partial charge < -0.3 is 4.18 Å². The summed E-state index contributed by atoms with van der Waals surface area (Å²) in [5, 5.41) is 0.848. The van der Waals surface area contributed by atoms with Crippen molar-refractivity contribution < 1.29 is 12.6 Å². The van der Waals surface area contributed by atoms with E-state index in [2.05, 4.69) is 10.8 Å². The molecule has 0 aliphatic carbocycles. The molecule has 0 N–H and O–H groups in total. The summed E-state index contributed by atoms with van der Waals surface area (Å²) < 4.78 is 26.7. The lowest BCUT2D eigenvalue weighted by atomic mass is 10.3. The monoisotopic (exact) mass is 286 g/mol. The Bertz CT molecular complexity index is 496. The zero-order chi connectivity index (χ0) is 11.6. The Hall–Kier alpha value is -0.420. The van der Waals surface area contributed by atoms with Crippen LogP contribution in [0.1, 0.15) is 0 Å². The zero-order valence-electron chi connectivity index (χ0n) is 7.21. The molecule has 0 heterocycles. The molecule has 0 fully saturated rings. The van der Waals surface area contributed by atoms with E-state index >= 15 is 0 Å². The minimum atomic E-state index is -3.85. The van der Waals surface area contributed by atoms with Crippen molar-refractivity contribution in [2.45, 2.75) is 0 Å². The van der Waals surface area contributed by atoms with Gasteiger partial charge in [0.1, 0.15) is 5.02 Å². The molecule has 0 saturated heterocycles. The fraction of sp³-hybridized carbons (Fsp3) is 0. The van der Waals surface area contributed by atoms with Gasteiger partial charge in [-0.2, -0.15) is 8.42 Å². The molecular formula is C8H5Cl3O3S. The molecule has 0 spiro atoms. The molecule has 7 heteroatoms. The third-order valence-corrected chi connectivity index (χ3v) is 3.51. The minimum Gasteiger partial charge on any atom is -0.378 e. The van der Waals surface area contributed by atoms with E-state index in [0.29, 0.717) is 5.41 Å². The van der Waals surface area contributed by atoms with Crippen LogP contribution >= 0.6 is 34.8 Å². The molecule has 0 aliphatic heterocycles. The zero-order valence-corrected chi connectivity index (χ0v) is 10.3. The molecule has 0 saturated carbocycles. The summed E-state index contributed by atoms with van der Waals surface area (Å²) in [7, 11) is -3.85. The van der Waals surface area contributed by atoms with E-state index in [4.69, 9.17) is 34.8 Å². The highest BCUT2D eigenvalue weighted by Crippen LogP contribution is 2.37. The molecule has 15 heavy (non-hydrogen) atoms. The number of rotatable bonds is 3. The number of halogens is 3. The topological polar surface area (TPSA) is 43.4 Å². The smallest absolute Gasteiger partial charge is 0.331 e. The van der Waals surface area contributed by atoms with Crippen molar-refractivity contribution in [2.75, 3.05) is 0 Å². The third-order valence-electron chi connectivity index (χ3n) is 1.41. The van der Waals surface area contributed by atoms with Gasteiger partial charge >= 0.3 is 10.1 Å². The quantitative estimate of drug-likeness (QED) is 0.631. The maximum Gasteiger partial charge on any atom is 0.331 e. The second-order valence-corrected chi connectivity index (χ2v) is 5.07. The van der Waals surface area contributed by atoms with Crippen LogP contribution in [-0.4, -0.2) is 8.42 Å². The first-order valence-electron chi connectivity index (χ1n) is 3.58. The van der Waals surface area contributed by atoms with E-state index in [0.717, 1.165) is 0 Å². The first-order valence-corrected chi connectivity index (χ1v) is 6.18. The first-order chi connectivity index (χ1) is 6.87. The summed E-state index contributed by atoms with van der Waals surface area (Å²) in [6, 6.07) is 2.68. The Labute approximate surface area is 102 Å². The van der Waals surface area contributed by atoms with E-state index in [1.165, 1.54) is 12.1 Å². The molecule has 1 rings (SSSR count). The molecular weight excluding hydrogens is 283 g/mol. The van der Waals surface area contributed by atoms with Crippen LogP contribution in [0.25, 0.3) is 0 Å². The average Bonchev–Trinajstić information content (AvgIpc) is 2.19. The van der Waals surface area contributed by atoms with Crippen molar-refractivity contribution in [3.05, 3.63) is 39.2 Å². The van der Waals surface area contributed by atoms with Crippen LogP contribution in [0.15, 0.2) is 24.1 Å². The molecule has 0 atom stereocenters. The minimum absolute atomic E-state index is 0.0371. The Balaban J connectivity index is 3.19. The lowest BCUT2D eigenvalue weighted by Gasteiger charge is -2.07. The predicted octanol–water partition coefficient (Wildman–Crippen LogP) is 3.50. The maximum atomic E-state index is 11.0. The van der Waals surface area contributed by atoms with Gasteiger partial charge in [-0.1, -0.05) is 41.4 Å². The van der Waals surface area contributed by atoms with Crippen molar-refractivity contribution >= 4 is 44.9 Å². The second-order valence-electron chi connectivity index (χ2n) is 2.42. The summed E-state index contributed by atoms with van der Waals surface area (Å²) >= 11 is 17.1. The fourth-order valence-electron chi connectivity index (χ4n) is 0.732. The Kier molecular flexibility index (Phi) is 3.89. The fourth-order valence-corrected chi connectivity index (χ4v) is 1.80. The van der Waals surface area contributed by atoms with E-state index < -0.39 is 10.1 Å². The summed E-state index contributed by atoms with van der Waals surface area (Å²) in [6.45, 7) is 3.08. The van der Waals surface area contributed by atoms with Gasteiger partial charge in [-0.15, -0.1) is 0 Å². The van der Waals surface area contributed by atoms with Gasteiger partial charge in [0.15, 0.2) is 5.75 Å². The Morgan fingerprint density at radius 1 is 1.20 bits per heavy atom. The van der Waals surface area contributed by atoms with Crippen LogP contribution in [-0.2, 0) is 10.1 Å². The van der Waals surface area contributed by atoms with Gasteiger partial charge in [0.05, 0.1) is 15.5 Å².